The lowest BCUT2D eigenvalue weighted by Gasteiger charge is -2.31. The summed E-state index contributed by atoms with van der Waals surface area (Å²) in [6, 6.07) is 23.3. The van der Waals surface area contributed by atoms with Crippen molar-refractivity contribution in [3.05, 3.63) is 95.2 Å². The third kappa shape index (κ3) is 3.39. The molecule has 3 aromatic carbocycles. The molecule has 6 heteroatoms. The molecule has 0 aliphatic carbocycles. The maximum Gasteiger partial charge on any atom is 0.255 e. The average molecular weight is 425 g/mol. The number of nitrogens with zero attached hydrogens (tertiary/aromatic N) is 2. The number of methoxy groups -OCH3 is 1. The van der Waals surface area contributed by atoms with Gasteiger partial charge in [-0.3, -0.25) is 9.36 Å². The second-order valence-corrected chi connectivity index (χ2v) is 7.96. The molecule has 160 valence electrons. The molecular formula is C26H24N4O2. The fourth-order valence-electron chi connectivity index (χ4n) is 4.29. The maximum absolute atomic E-state index is 13.6. The Bertz CT molecular complexity index is 1350. The molecule has 0 spiro atoms. The number of hydrogen-bond acceptors (Lipinski definition) is 4. The van der Waals surface area contributed by atoms with E-state index >= 15 is 0 Å². The number of hydrogen-bond donors (Lipinski definition) is 2. The molecule has 0 fully saturated rings. The van der Waals surface area contributed by atoms with Crippen molar-refractivity contribution in [2.24, 2.45) is 0 Å². The average Bonchev–Trinajstić information content (AvgIpc) is 3.16. The number of imidazole rings is 1. The van der Waals surface area contributed by atoms with Crippen LogP contribution in [0.15, 0.2) is 84.1 Å². The van der Waals surface area contributed by atoms with E-state index in [1.54, 1.807) is 7.11 Å². The van der Waals surface area contributed by atoms with Gasteiger partial charge in [0.2, 0.25) is 5.95 Å². The number of aromatic nitrogens is 2. The number of rotatable bonds is 4. The van der Waals surface area contributed by atoms with E-state index in [1.165, 1.54) is 0 Å². The van der Waals surface area contributed by atoms with Crippen LogP contribution < -0.4 is 15.4 Å². The van der Waals surface area contributed by atoms with Gasteiger partial charge in [0.1, 0.15) is 5.75 Å². The third-order valence-electron chi connectivity index (χ3n) is 5.78. The minimum Gasteiger partial charge on any atom is -0.497 e. The van der Waals surface area contributed by atoms with Gasteiger partial charge in [-0.1, -0.05) is 42.0 Å². The zero-order valence-corrected chi connectivity index (χ0v) is 18.2. The highest BCUT2D eigenvalue weighted by atomic mass is 16.5. The van der Waals surface area contributed by atoms with E-state index in [2.05, 4.69) is 40.3 Å². The summed E-state index contributed by atoms with van der Waals surface area (Å²) in [5, 5.41) is 6.40. The minimum atomic E-state index is -0.309. The SMILES string of the molecule is COc1ccc(NC(=O)C2=C(C)Nc3nc4ccccc4n3[C@@H]2c2cccc(C)c2)cc1. The number of fused-ring (bicyclic) bond motifs is 3. The highest BCUT2D eigenvalue weighted by Gasteiger charge is 2.34. The number of benzene rings is 3. The van der Waals surface area contributed by atoms with Gasteiger partial charge >= 0.3 is 0 Å². The van der Waals surface area contributed by atoms with Crippen molar-refractivity contribution in [2.45, 2.75) is 19.9 Å². The summed E-state index contributed by atoms with van der Waals surface area (Å²) in [6.45, 7) is 3.99. The normalized spacial score (nSPS) is 15.3. The predicted molar refractivity (Wildman–Crippen MR) is 127 cm³/mol. The number of nitrogens with one attached hydrogen (secondary N) is 2. The summed E-state index contributed by atoms with van der Waals surface area (Å²) >= 11 is 0. The van der Waals surface area contributed by atoms with Gasteiger partial charge in [-0.2, -0.15) is 0 Å². The Morgan fingerprint density at radius 3 is 2.56 bits per heavy atom. The van der Waals surface area contributed by atoms with Gasteiger partial charge in [-0.05, 0) is 55.8 Å². The first-order valence-corrected chi connectivity index (χ1v) is 10.5. The van der Waals surface area contributed by atoms with E-state index in [0.717, 1.165) is 39.6 Å². The first-order valence-electron chi connectivity index (χ1n) is 10.5. The molecular weight excluding hydrogens is 400 g/mol. The molecule has 1 aliphatic rings. The lowest BCUT2D eigenvalue weighted by Crippen LogP contribution is -2.31. The van der Waals surface area contributed by atoms with Crippen LogP contribution in [0.2, 0.25) is 0 Å². The van der Waals surface area contributed by atoms with Crippen molar-refractivity contribution in [3.8, 4) is 5.75 Å². The highest BCUT2D eigenvalue weighted by molar-refractivity contribution is 6.06. The lowest BCUT2D eigenvalue weighted by atomic mass is 9.93. The zero-order valence-electron chi connectivity index (χ0n) is 18.2. The van der Waals surface area contributed by atoms with E-state index < -0.39 is 0 Å². The second-order valence-electron chi connectivity index (χ2n) is 7.96. The fraction of sp³-hybridized carbons (Fsp3) is 0.154. The molecule has 2 N–H and O–H groups in total. The minimum absolute atomic E-state index is 0.157. The molecule has 4 aromatic rings. The van der Waals surface area contributed by atoms with Gasteiger partial charge in [0.25, 0.3) is 5.91 Å². The highest BCUT2D eigenvalue weighted by Crippen LogP contribution is 2.39. The lowest BCUT2D eigenvalue weighted by molar-refractivity contribution is -0.113. The number of anilines is 2. The number of carbonyl (C=O) groups is 1. The van der Waals surface area contributed by atoms with Gasteiger partial charge in [-0.25, -0.2) is 4.98 Å². The van der Waals surface area contributed by atoms with Crippen LogP contribution in [0.5, 0.6) is 5.75 Å². The Kier molecular flexibility index (Phi) is 4.90. The summed E-state index contributed by atoms with van der Waals surface area (Å²) in [6.07, 6.45) is 0. The number of allylic oxidation sites excluding steroid dienone is 1. The monoisotopic (exact) mass is 424 g/mol. The molecule has 1 aliphatic heterocycles. The number of ether oxygens (including phenoxy) is 1. The van der Waals surface area contributed by atoms with Gasteiger partial charge in [0.15, 0.2) is 0 Å². The standard InChI is InChI=1S/C26H24N4O2/c1-16-7-6-8-18(15-16)24-23(25(31)28-19-11-13-20(32-3)14-12-19)17(2)27-26-29-21-9-4-5-10-22(21)30(24)26/h4-15,24H,1-3H3,(H,27,29)(H,28,31)/t24-/m1/s1. The van der Waals surface area contributed by atoms with Crippen LogP contribution in [-0.4, -0.2) is 22.6 Å². The van der Waals surface area contributed by atoms with E-state index in [9.17, 15) is 4.79 Å². The maximum atomic E-state index is 13.6. The van der Waals surface area contributed by atoms with E-state index in [-0.39, 0.29) is 11.9 Å². The molecule has 0 saturated heterocycles. The zero-order chi connectivity index (χ0) is 22.2. The molecule has 0 unspecified atom stereocenters. The molecule has 6 nitrogen and oxygen atoms in total. The van der Waals surface area contributed by atoms with Crippen LogP contribution in [0.4, 0.5) is 11.6 Å². The molecule has 2 heterocycles. The molecule has 1 atom stereocenters. The molecule has 0 bridgehead atoms. The van der Waals surface area contributed by atoms with Crippen molar-refractivity contribution in [3.63, 3.8) is 0 Å². The smallest absolute Gasteiger partial charge is 0.255 e. The van der Waals surface area contributed by atoms with Crippen molar-refractivity contribution >= 4 is 28.6 Å². The molecule has 1 amide bonds. The number of carbonyl (C=O) groups excluding carboxylic acids is 1. The van der Waals surface area contributed by atoms with E-state index in [4.69, 9.17) is 9.72 Å². The summed E-state index contributed by atoms with van der Waals surface area (Å²) in [5.74, 6) is 1.32. The topological polar surface area (TPSA) is 68.2 Å². The summed E-state index contributed by atoms with van der Waals surface area (Å²) in [7, 11) is 1.62. The fourth-order valence-corrected chi connectivity index (χ4v) is 4.29. The van der Waals surface area contributed by atoms with Crippen LogP contribution in [0.25, 0.3) is 11.0 Å². The molecule has 5 rings (SSSR count). The van der Waals surface area contributed by atoms with Crippen LogP contribution in [0.1, 0.15) is 24.1 Å². The Morgan fingerprint density at radius 1 is 1.03 bits per heavy atom. The molecule has 32 heavy (non-hydrogen) atoms. The van der Waals surface area contributed by atoms with Gasteiger partial charge in [0, 0.05) is 11.4 Å². The summed E-state index contributed by atoms with van der Waals surface area (Å²) in [4.78, 5) is 18.4. The van der Waals surface area contributed by atoms with Crippen molar-refractivity contribution in [1.29, 1.82) is 0 Å². The molecule has 1 aromatic heterocycles. The van der Waals surface area contributed by atoms with Crippen molar-refractivity contribution < 1.29 is 9.53 Å². The Morgan fingerprint density at radius 2 is 1.81 bits per heavy atom. The van der Waals surface area contributed by atoms with Gasteiger partial charge in [-0.15, -0.1) is 0 Å². The van der Waals surface area contributed by atoms with Crippen LogP contribution in [0, 0.1) is 6.92 Å². The van der Waals surface area contributed by atoms with E-state index in [0.29, 0.717) is 11.3 Å². The Hall–Kier alpha value is -4.06. The largest absolute Gasteiger partial charge is 0.497 e. The third-order valence-corrected chi connectivity index (χ3v) is 5.78. The first-order chi connectivity index (χ1) is 15.5. The van der Waals surface area contributed by atoms with E-state index in [1.807, 2.05) is 61.5 Å². The molecule has 0 saturated carbocycles. The summed E-state index contributed by atoms with van der Waals surface area (Å²) in [5.41, 5.74) is 6.18. The van der Waals surface area contributed by atoms with Gasteiger partial charge < -0.3 is 15.4 Å². The quantitative estimate of drug-likeness (QED) is 0.468. The Labute approximate surface area is 186 Å². The number of amides is 1. The summed E-state index contributed by atoms with van der Waals surface area (Å²) < 4.78 is 7.33. The Balaban J connectivity index is 1.63. The van der Waals surface area contributed by atoms with Crippen LogP contribution in [-0.2, 0) is 4.79 Å². The van der Waals surface area contributed by atoms with Crippen molar-refractivity contribution in [2.75, 3.05) is 17.7 Å². The molecule has 0 radical (unpaired) electrons. The van der Waals surface area contributed by atoms with Crippen molar-refractivity contribution in [1.82, 2.24) is 9.55 Å². The van der Waals surface area contributed by atoms with Gasteiger partial charge in [0.05, 0.1) is 29.8 Å². The first kappa shape index (κ1) is 19.9. The number of aryl methyl sites for hydroxylation is 1. The predicted octanol–water partition coefficient (Wildman–Crippen LogP) is 5.28. The number of para-hydroxylation sites is 2. The second kappa shape index (κ2) is 7.89. The van der Waals surface area contributed by atoms with Crippen LogP contribution >= 0.6 is 0 Å². The van der Waals surface area contributed by atoms with Crippen LogP contribution in [0.3, 0.4) is 0 Å².